The molecular weight excluding hydrogens is 268 g/mol. The Hall–Kier alpha value is -1.85. The molecule has 1 saturated heterocycles. The minimum atomic E-state index is -0.124. The maximum Gasteiger partial charge on any atom is 0.268 e. The van der Waals surface area contributed by atoms with Gasteiger partial charge in [0.15, 0.2) is 0 Å². The molecule has 21 heavy (non-hydrogen) atoms. The zero-order chi connectivity index (χ0) is 14.8. The lowest BCUT2D eigenvalue weighted by molar-refractivity contribution is -0.0349. The molecule has 0 aliphatic carbocycles. The summed E-state index contributed by atoms with van der Waals surface area (Å²) in [5.41, 5.74) is 2.70. The summed E-state index contributed by atoms with van der Waals surface area (Å²) in [5.74, 6) is -0.124. The average Bonchev–Trinajstić information content (AvgIpc) is 2.91. The van der Waals surface area contributed by atoms with Crippen molar-refractivity contribution in [3.63, 3.8) is 0 Å². The van der Waals surface area contributed by atoms with E-state index in [-0.39, 0.29) is 18.1 Å². The summed E-state index contributed by atoms with van der Waals surface area (Å²) in [6.45, 7) is 3.20. The lowest BCUT2D eigenvalue weighted by Gasteiger charge is -2.30. The number of benzene rings is 1. The summed E-state index contributed by atoms with van der Waals surface area (Å²) in [4.78, 5) is 15.5. The summed E-state index contributed by atoms with van der Waals surface area (Å²) in [6, 6.07) is 7.85. The molecule has 2 aromatic rings. The van der Waals surface area contributed by atoms with E-state index in [4.69, 9.17) is 9.47 Å². The molecular formula is C16H20N2O3. The van der Waals surface area contributed by atoms with Crippen LogP contribution in [0.4, 0.5) is 0 Å². The number of fused-ring (bicyclic) bond motifs is 1. The van der Waals surface area contributed by atoms with Crippen molar-refractivity contribution >= 4 is 16.8 Å². The van der Waals surface area contributed by atoms with E-state index in [0.29, 0.717) is 18.9 Å². The highest BCUT2D eigenvalue weighted by atomic mass is 16.5. The standard InChI is InChI=1S/C16H20N2O3/c1-10-3-4-11-8-13(17-12(11)7-10)16(19)18-14-9-21-6-5-15(14)20-2/h3-4,7-8,14-15,17H,5-6,9H2,1-2H3,(H,18,19)/t14-,15-/m1/s1. The first-order valence-corrected chi connectivity index (χ1v) is 7.18. The van der Waals surface area contributed by atoms with Gasteiger partial charge in [0.05, 0.1) is 18.8 Å². The Labute approximate surface area is 123 Å². The predicted molar refractivity (Wildman–Crippen MR) is 80.5 cm³/mol. The van der Waals surface area contributed by atoms with Crippen LogP contribution >= 0.6 is 0 Å². The Balaban J connectivity index is 1.77. The van der Waals surface area contributed by atoms with E-state index >= 15 is 0 Å². The lowest BCUT2D eigenvalue weighted by atomic mass is 10.1. The third-order valence-corrected chi connectivity index (χ3v) is 3.93. The lowest BCUT2D eigenvalue weighted by Crippen LogP contribution is -2.50. The van der Waals surface area contributed by atoms with Gasteiger partial charge in [-0.05, 0) is 31.0 Å². The molecule has 0 unspecified atom stereocenters. The second-order valence-electron chi connectivity index (χ2n) is 5.49. The van der Waals surface area contributed by atoms with E-state index in [9.17, 15) is 4.79 Å². The number of hydrogen-bond donors (Lipinski definition) is 2. The van der Waals surface area contributed by atoms with Crippen LogP contribution in [-0.2, 0) is 9.47 Å². The number of methoxy groups -OCH3 is 1. The first-order valence-electron chi connectivity index (χ1n) is 7.18. The third kappa shape index (κ3) is 2.94. The van der Waals surface area contributed by atoms with Gasteiger partial charge in [-0.25, -0.2) is 0 Å². The van der Waals surface area contributed by atoms with Crippen LogP contribution in [0.1, 0.15) is 22.5 Å². The monoisotopic (exact) mass is 288 g/mol. The number of amides is 1. The highest BCUT2D eigenvalue weighted by Gasteiger charge is 2.27. The number of aryl methyl sites for hydroxylation is 1. The molecule has 1 fully saturated rings. The van der Waals surface area contributed by atoms with Crippen LogP contribution in [0.5, 0.6) is 0 Å². The average molecular weight is 288 g/mol. The summed E-state index contributed by atoms with van der Waals surface area (Å²) in [5, 5.41) is 4.03. The van der Waals surface area contributed by atoms with Crippen LogP contribution in [-0.4, -0.2) is 43.4 Å². The minimum Gasteiger partial charge on any atom is -0.379 e. The van der Waals surface area contributed by atoms with Gasteiger partial charge in [0.25, 0.3) is 5.91 Å². The maximum atomic E-state index is 12.4. The molecule has 1 aliphatic heterocycles. The van der Waals surface area contributed by atoms with Crippen LogP contribution < -0.4 is 5.32 Å². The van der Waals surface area contributed by atoms with Crippen molar-refractivity contribution in [3.8, 4) is 0 Å². The normalized spacial score (nSPS) is 22.4. The molecule has 1 aliphatic rings. The Morgan fingerprint density at radius 1 is 1.43 bits per heavy atom. The Bertz CT molecular complexity index is 650. The second-order valence-corrected chi connectivity index (χ2v) is 5.49. The number of carbonyl (C=O) groups is 1. The number of H-pyrrole nitrogens is 1. The number of rotatable bonds is 3. The molecule has 5 nitrogen and oxygen atoms in total. The van der Waals surface area contributed by atoms with E-state index in [2.05, 4.69) is 10.3 Å². The molecule has 1 aromatic carbocycles. The van der Waals surface area contributed by atoms with Gasteiger partial charge in [0, 0.05) is 24.6 Å². The number of aromatic amines is 1. The highest BCUT2D eigenvalue weighted by molar-refractivity contribution is 5.98. The van der Waals surface area contributed by atoms with Gasteiger partial charge < -0.3 is 19.8 Å². The van der Waals surface area contributed by atoms with Crippen molar-refractivity contribution in [3.05, 3.63) is 35.5 Å². The molecule has 1 aromatic heterocycles. The molecule has 0 saturated carbocycles. The van der Waals surface area contributed by atoms with E-state index < -0.39 is 0 Å². The molecule has 2 heterocycles. The first kappa shape index (κ1) is 14.1. The van der Waals surface area contributed by atoms with Crippen LogP contribution in [0.2, 0.25) is 0 Å². The summed E-state index contributed by atoms with van der Waals surface area (Å²) in [7, 11) is 1.67. The predicted octanol–water partition coefficient (Wildman–Crippen LogP) is 2.01. The largest absolute Gasteiger partial charge is 0.379 e. The van der Waals surface area contributed by atoms with Gasteiger partial charge in [0.1, 0.15) is 5.69 Å². The Morgan fingerprint density at radius 2 is 2.29 bits per heavy atom. The number of hydrogen-bond acceptors (Lipinski definition) is 3. The van der Waals surface area contributed by atoms with Crippen LogP contribution in [0.25, 0.3) is 10.9 Å². The van der Waals surface area contributed by atoms with Crippen molar-refractivity contribution < 1.29 is 14.3 Å². The molecule has 5 heteroatoms. The minimum absolute atomic E-state index is 0.00863. The van der Waals surface area contributed by atoms with Crippen molar-refractivity contribution in [1.29, 1.82) is 0 Å². The van der Waals surface area contributed by atoms with Gasteiger partial charge in [-0.15, -0.1) is 0 Å². The maximum absolute atomic E-state index is 12.4. The van der Waals surface area contributed by atoms with E-state index in [0.717, 1.165) is 22.9 Å². The van der Waals surface area contributed by atoms with E-state index in [1.807, 2.05) is 31.2 Å². The number of aromatic nitrogens is 1. The fourth-order valence-electron chi connectivity index (χ4n) is 2.74. The topological polar surface area (TPSA) is 63.4 Å². The van der Waals surface area contributed by atoms with Crippen molar-refractivity contribution in [2.24, 2.45) is 0 Å². The molecule has 0 spiro atoms. The van der Waals surface area contributed by atoms with Crippen LogP contribution in [0.15, 0.2) is 24.3 Å². The van der Waals surface area contributed by atoms with Crippen LogP contribution in [0, 0.1) is 6.92 Å². The van der Waals surface area contributed by atoms with Gasteiger partial charge >= 0.3 is 0 Å². The molecule has 112 valence electrons. The van der Waals surface area contributed by atoms with E-state index in [1.54, 1.807) is 7.11 Å². The fourth-order valence-corrected chi connectivity index (χ4v) is 2.74. The number of ether oxygens (including phenoxy) is 2. The second kappa shape index (κ2) is 5.87. The summed E-state index contributed by atoms with van der Waals surface area (Å²) in [6.07, 6.45) is 0.808. The third-order valence-electron chi connectivity index (χ3n) is 3.93. The smallest absolute Gasteiger partial charge is 0.268 e. The number of nitrogens with one attached hydrogen (secondary N) is 2. The number of carbonyl (C=O) groups excluding carboxylic acids is 1. The summed E-state index contributed by atoms with van der Waals surface area (Å²) >= 11 is 0. The molecule has 2 N–H and O–H groups in total. The fraction of sp³-hybridized carbons (Fsp3) is 0.438. The van der Waals surface area contributed by atoms with Crippen molar-refractivity contribution in [2.45, 2.75) is 25.5 Å². The van der Waals surface area contributed by atoms with Crippen LogP contribution in [0.3, 0.4) is 0 Å². The Kier molecular flexibility index (Phi) is 3.94. The highest BCUT2D eigenvalue weighted by Crippen LogP contribution is 2.18. The first-order chi connectivity index (χ1) is 10.2. The molecule has 0 radical (unpaired) electrons. The quantitative estimate of drug-likeness (QED) is 0.908. The van der Waals surface area contributed by atoms with Gasteiger partial charge in [-0.2, -0.15) is 0 Å². The molecule has 3 rings (SSSR count). The molecule has 0 bridgehead atoms. The van der Waals surface area contributed by atoms with Gasteiger partial charge in [0.2, 0.25) is 0 Å². The Morgan fingerprint density at radius 3 is 3.10 bits per heavy atom. The van der Waals surface area contributed by atoms with Gasteiger partial charge in [-0.3, -0.25) is 4.79 Å². The zero-order valence-electron chi connectivity index (χ0n) is 12.3. The summed E-state index contributed by atoms with van der Waals surface area (Å²) < 4.78 is 10.8. The van der Waals surface area contributed by atoms with E-state index in [1.165, 1.54) is 0 Å². The van der Waals surface area contributed by atoms with Gasteiger partial charge in [-0.1, -0.05) is 12.1 Å². The van der Waals surface area contributed by atoms with Crippen molar-refractivity contribution in [1.82, 2.24) is 10.3 Å². The SMILES string of the molecule is CO[C@@H]1CCOC[C@H]1NC(=O)c1cc2ccc(C)cc2[nH]1. The molecule has 2 atom stereocenters. The zero-order valence-corrected chi connectivity index (χ0v) is 12.3. The molecule has 1 amide bonds. The van der Waals surface area contributed by atoms with Crippen molar-refractivity contribution in [2.75, 3.05) is 20.3 Å².